The van der Waals surface area contributed by atoms with Crippen molar-refractivity contribution in [1.82, 2.24) is 0 Å². The zero-order valence-electron chi connectivity index (χ0n) is 8.39. The molecular formula is C11H21B. The first-order valence-corrected chi connectivity index (χ1v) is 5.90. The Bertz CT molecular complexity index is 142. The second kappa shape index (κ2) is 3.85. The van der Waals surface area contributed by atoms with Gasteiger partial charge in [-0.05, 0) is 5.92 Å². The van der Waals surface area contributed by atoms with Crippen LogP contribution in [-0.4, -0.2) is 7.28 Å². The minimum absolute atomic E-state index is 1.12. The van der Waals surface area contributed by atoms with Crippen LogP contribution in [0.4, 0.5) is 0 Å². The first kappa shape index (κ1) is 8.65. The number of rotatable bonds is 2. The predicted molar refractivity (Wildman–Crippen MR) is 56.1 cm³/mol. The molecule has 0 aromatic rings. The molecule has 2 fully saturated rings. The van der Waals surface area contributed by atoms with Crippen LogP contribution in [0.1, 0.15) is 51.9 Å². The van der Waals surface area contributed by atoms with Gasteiger partial charge in [0.15, 0.2) is 0 Å². The molecule has 3 unspecified atom stereocenters. The Kier molecular flexibility index (Phi) is 2.78. The highest BCUT2D eigenvalue weighted by Gasteiger charge is 2.33. The van der Waals surface area contributed by atoms with E-state index in [1.165, 1.54) is 19.3 Å². The lowest BCUT2D eigenvalue weighted by Crippen LogP contribution is -2.28. The molecular weight excluding hydrogens is 143 g/mol. The first-order chi connectivity index (χ1) is 5.90. The van der Waals surface area contributed by atoms with E-state index in [0.717, 1.165) is 17.6 Å². The third kappa shape index (κ3) is 1.70. The molecule has 0 aromatic heterocycles. The maximum Gasteiger partial charge on any atom is 0.127 e. The van der Waals surface area contributed by atoms with Gasteiger partial charge in [-0.15, -0.1) is 0 Å². The van der Waals surface area contributed by atoms with Crippen molar-refractivity contribution in [2.45, 2.75) is 63.5 Å². The van der Waals surface area contributed by atoms with Crippen molar-refractivity contribution in [3.8, 4) is 0 Å². The molecule has 2 aliphatic heterocycles. The Balaban J connectivity index is 1.90. The Morgan fingerprint density at radius 1 is 1.17 bits per heavy atom. The highest BCUT2D eigenvalue weighted by atomic mass is 14.3. The SMILES string of the molecule is CCCC1CCC2BC1CCC2. The van der Waals surface area contributed by atoms with Crippen molar-refractivity contribution in [1.29, 1.82) is 0 Å². The molecule has 0 aromatic carbocycles. The summed E-state index contributed by atoms with van der Waals surface area (Å²) < 4.78 is 0. The van der Waals surface area contributed by atoms with E-state index in [4.69, 9.17) is 0 Å². The fourth-order valence-corrected chi connectivity index (χ4v) is 3.46. The second-order valence-corrected chi connectivity index (χ2v) is 4.92. The van der Waals surface area contributed by atoms with Gasteiger partial charge in [-0.25, -0.2) is 0 Å². The monoisotopic (exact) mass is 164 g/mol. The number of hydrogen-bond donors (Lipinski definition) is 0. The molecule has 2 aliphatic rings. The van der Waals surface area contributed by atoms with Gasteiger partial charge in [-0.1, -0.05) is 63.5 Å². The Morgan fingerprint density at radius 2 is 2.08 bits per heavy atom. The Hall–Kier alpha value is 0.0649. The molecule has 0 radical (unpaired) electrons. The normalized spacial score (nSPS) is 40.6. The quantitative estimate of drug-likeness (QED) is 0.548. The summed E-state index contributed by atoms with van der Waals surface area (Å²) in [5.74, 6) is 3.39. The van der Waals surface area contributed by atoms with Crippen molar-refractivity contribution < 1.29 is 0 Å². The summed E-state index contributed by atoms with van der Waals surface area (Å²) in [5.41, 5.74) is 0. The summed E-state index contributed by atoms with van der Waals surface area (Å²) >= 11 is 0. The van der Waals surface area contributed by atoms with Crippen LogP contribution in [0.3, 0.4) is 0 Å². The lowest BCUT2D eigenvalue weighted by atomic mass is 9.41. The molecule has 12 heavy (non-hydrogen) atoms. The van der Waals surface area contributed by atoms with Crippen LogP contribution in [0.15, 0.2) is 0 Å². The highest BCUT2D eigenvalue weighted by molar-refractivity contribution is 6.40. The van der Waals surface area contributed by atoms with E-state index in [1.54, 1.807) is 33.0 Å². The second-order valence-electron chi connectivity index (χ2n) is 4.92. The van der Waals surface area contributed by atoms with E-state index < -0.39 is 0 Å². The predicted octanol–water partition coefficient (Wildman–Crippen LogP) is 3.39. The summed E-state index contributed by atoms with van der Waals surface area (Å²) in [6, 6.07) is 0. The van der Waals surface area contributed by atoms with Crippen LogP contribution in [-0.2, 0) is 0 Å². The minimum atomic E-state index is 1.12. The van der Waals surface area contributed by atoms with Crippen LogP contribution in [0.25, 0.3) is 0 Å². The Morgan fingerprint density at radius 3 is 2.92 bits per heavy atom. The Labute approximate surface area is 77.4 Å². The van der Waals surface area contributed by atoms with Crippen LogP contribution in [0.2, 0.25) is 11.6 Å². The topological polar surface area (TPSA) is 0 Å². The van der Waals surface area contributed by atoms with Crippen molar-refractivity contribution in [2.24, 2.45) is 5.92 Å². The van der Waals surface area contributed by atoms with Gasteiger partial charge in [0.2, 0.25) is 0 Å². The van der Waals surface area contributed by atoms with Crippen molar-refractivity contribution in [3.05, 3.63) is 0 Å². The molecule has 2 saturated heterocycles. The lowest BCUT2D eigenvalue weighted by Gasteiger charge is -2.39. The van der Waals surface area contributed by atoms with E-state index in [-0.39, 0.29) is 0 Å². The standard InChI is InChI=1S/C11H21B/c1-2-4-9-7-8-10-5-3-6-11(9)12-10/h9-12H,2-8H2,1H3. The zero-order chi connectivity index (χ0) is 8.39. The maximum atomic E-state index is 2.34. The van der Waals surface area contributed by atoms with E-state index >= 15 is 0 Å². The van der Waals surface area contributed by atoms with Crippen LogP contribution < -0.4 is 0 Å². The zero-order valence-corrected chi connectivity index (χ0v) is 8.39. The number of hydrogen-bond acceptors (Lipinski definition) is 0. The van der Waals surface area contributed by atoms with E-state index in [0.29, 0.717) is 0 Å². The molecule has 2 heterocycles. The molecule has 2 bridgehead atoms. The van der Waals surface area contributed by atoms with Crippen molar-refractivity contribution in [3.63, 3.8) is 0 Å². The lowest BCUT2D eigenvalue weighted by molar-refractivity contribution is 0.323. The minimum Gasteiger partial charge on any atom is -0.0654 e. The molecule has 3 atom stereocenters. The summed E-state index contributed by atoms with van der Waals surface area (Å²) in [6.07, 6.45) is 10.7. The van der Waals surface area contributed by atoms with Gasteiger partial charge in [-0.3, -0.25) is 0 Å². The molecule has 1 heteroatoms. The molecule has 0 aliphatic carbocycles. The molecule has 0 amide bonds. The summed E-state index contributed by atoms with van der Waals surface area (Å²) in [7, 11) is 1.59. The summed E-state index contributed by atoms with van der Waals surface area (Å²) in [5, 5.41) is 0. The largest absolute Gasteiger partial charge is 0.127 e. The van der Waals surface area contributed by atoms with E-state index in [9.17, 15) is 0 Å². The third-order valence-corrected chi connectivity index (χ3v) is 4.10. The fourth-order valence-electron chi connectivity index (χ4n) is 3.46. The molecule has 0 N–H and O–H groups in total. The fraction of sp³-hybridized carbons (Fsp3) is 1.00. The van der Waals surface area contributed by atoms with E-state index in [2.05, 4.69) is 6.92 Å². The van der Waals surface area contributed by atoms with Gasteiger partial charge in [0.05, 0.1) is 0 Å². The van der Waals surface area contributed by atoms with Gasteiger partial charge in [0.1, 0.15) is 7.28 Å². The van der Waals surface area contributed by atoms with E-state index in [1.807, 2.05) is 0 Å². The molecule has 2 rings (SSSR count). The van der Waals surface area contributed by atoms with Crippen LogP contribution in [0.5, 0.6) is 0 Å². The molecule has 0 saturated carbocycles. The smallest absolute Gasteiger partial charge is 0.0654 e. The van der Waals surface area contributed by atoms with Gasteiger partial charge < -0.3 is 0 Å². The molecule has 0 spiro atoms. The molecule has 68 valence electrons. The van der Waals surface area contributed by atoms with Crippen LogP contribution in [0, 0.1) is 5.92 Å². The third-order valence-electron chi connectivity index (χ3n) is 4.10. The number of fused-ring (bicyclic) bond motifs is 2. The first-order valence-electron chi connectivity index (χ1n) is 5.90. The summed E-state index contributed by atoms with van der Waals surface area (Å²) in [4.78, 5) is 0. The van der Waals surface area contributed by atoms with Gasteiger partial charge in [0, 0.05) is 0 Å². The van der Waals surface area contributed by atoms with Gasteiger partial charge in [-0.2, -0.15) is 0 Å². The van der Waals surface area contributed by atoms with Crippen molar-refractivity contribution in [2.75, 3.05) is 0 Å². The summed E-state index contributed by atoms with van der Waals surface area (Å²) in [6.45, 7) is 2.34. The van der Waals surface area contributed by atoms with Crippen molar-refractivity contribution >= 4 is 7.28 Å². The van der Waals surface area contributed by atoms with Gasteiger partial charge >= 0.3 is 0 Å². The maximum absolute atomic E-state index is 2.34. The van der Waals surface area contributed by atoms with Crippen LogP contribution >= 0.6 is 0 Å². The average Bonchev–Trinajstić information content (AvgIpc) is 2.11. The van der Waals surface area contributed by atoms with Gasteiger partial charge in [0.25, 0.3) is 0 Å². The molecule has 0 nitrogen and oxygen atoms in total. The average molecular weight is 164 g/mol. The highest BCUT2D eigenvalue weighted by Crippen LogP contribution is 2.46.